The number of nitrogens with zero attached hydrogens (tertiary/aromatic N) is 1. The smallest absolute Gasteiger partial charge is 0.243 e. The normalized spacial score (nSPS) is 24.1. The molecule has 0 aromatic heterocycles. The average molecular weight is 308 g/mol. The molecule has 1 heterocycles. The van der Waals surface area contributed by atoms with Crippen LogP contribution in [-0.4, -0.2) is 38.4 Å². The first-order valence-corrected chi connectivity index (χ1v) is 9.30. The van der Waals surface area contributed by atoms with Crippen LogP contribution in [0.15, 0.2) is 29.2 Å². The molecule has 0 radical (unpaired) electrons. The summed E-state index contributed by atoms with van der Waals surface area (Å²) in [6, 6.07) is 7.95. The summed E-state index contributed by atoms with van der Waals surface area (Å²) in [5.74, 6) is 0.443. The molecule has 1 unspecified atom stereocenters. The Morgan fingerprint density at radius 2 is 2.00 bits per heavy atom. The molecule has 0 bridgehead atoms. The van der Waals surface area contributed by atoms with E-state index in [1.165, 1.54) is 12.8 Å². The van der Waals surface area contributed by atoms with Crippen LogP contribution in [0.1, 0.15) is 31.2 Å². The van der Waals surface area contributed by atoms with Crippen molar-refractivity contribution in [2.75, 3.05) is 19.6 Å². The van der Waals surface area contributed by atoms with Crippen LogP contribution in [0.2, 0.25) is 0 Å². The summed E-state index contributed by atoms with van der Waals surface area (Å²) in [7, 11) is -3.34. The van der Waals surface area contributed by atoms with Gasteiger partial charge in [0.2, 0.25) is 10.0 Å². The summed E-state index contributed by atoms with van der Waals surface area (Å²) in [4.78, 5) is 0.459. The lowest BCUT2D eigenvalue weighted by atomic mass is 10.00. The number of aryl methyl sites for hydroxylation is 1. The van der Waals surface area contributed by atoms with Crippen molar-refractivity contribution in [3.8, 4) is 0 Å². The van der Waals surface area contributed by atoms with Gasteiger partial charge in [-0.05, 0) is 56.7 Å². The highest BCUT2D eigenvalue weighted by atomic mass is 32.2. The van der Waals surface area contributed by atoms with Crippen LogP contribution in [0.25, 0.3) is 0 Å². The van der Waals surface area contributed by atoms with Gasteiger partial charge in [-0.25, -0.2) is 8.42 Å². The van der Waals surface area contributed by atoms with Gasteiger partial charge in [0.15, 0.2) is 0 Å². The number of hydrogen-bond donors (Lipinski definition) is 1. The minimum atomic E-state index is -3.34. The third kappa shape index (κ3) is 3.47. The third-order valence-electron chi connectivity index (χ3n) is 4.47. The van der Waals surface area contributed by atoms with Gasteiger partial charge >= 0.3 is 0 Å². The van der Waals surface area contributed by atoms with E-state index in [9.17, 15) is 8.42 Å². The zero-order chi connectivity index (χ0) is 14.9. The molecule has 0 spiro atoms. The molecular formula is C16H24N2O2S. The van der Waals surface area contributed by atoms with E-state index in [1.807, 2.05) is 19.1 Å². The van der Waals surface area contributed by atoms with Crippen LogP contribution >= 0.6 is 0 Å². The molecule has 116 valence electrons. The topological polar surface area (TPSA) is 49.4 Å². The second-order valence-corrected chi connectivity index (χ2v) is 8.23. The predicted octanol–water partition coefficient (Wildman–Crippen LogP) is 2.15. The minimum Gasteiger partial charge on any atom is -0.314 e. The van der Waals surface area contributed by atoms with E-state index in [1.54, 1.807) is 16.4 Å². The first-order chi connectivity index (χ1) is 10.1. The van der Waals surface area contributed by atoms with Crippen molar-refractivity contribution >= 4 is 10.0 Å². The number of piperidine rings is 1. The SMILES string of the molecule is Cc1ccccc1S(=O)(=O)N1CCCC(CNC2CC2)C1. The molecule has 1 aromatic carbocycles. The molecule has 1 saturated carbocycles. The van der Waals surface area contributed by atoms with Crippen LogP contribution in [0.3, 0.4) is 0 Å². The highest BCUT2D eigenvalue weighted by Crippen LogP contribution is 2.26. The van der Waals surface area contributed by atoms with E-state index in [-0.39, 0.29) is 0 Å². The molecule has 1 N–H and O–H groups in total. The van der Waals surface area contributed by atoms with Gasteiger partial charge in [-0.3, -0.25) is 0 Å². The lowest BCUT2D eigenvalue weighted by Crippen LogP contribution is -2.43. The molecule has 0 amide bonds. The van der Waals surface area contributed by atoms with Gasteiger partial charge in [-0.2, -0.15) is 4.31 Å². The largest absolute Gasteiger partial charge is 0.314 e. The average Bonchev–Trinajstić information content (AvgIpc) is 3.30. The van der Waals surface area contributed by atoms with E-state index < -0.39 is 10.0 Å². The lowest BCUT2D eigenvalue weighted by molar-refractivity contribution is 0.259. The maximum atomic E-state index is 12.8. The van der Waals surface area contributed by atoms with Crippen LogP contribution < -0.4 is 5.32 Å². The van der Waals surface area contributed by atoms with Crippen LogP contribution in [0.5, 0.6) is 0 Å². The maximum absolute atomic E-state index is 12.8. The van der Waals surface area contributed by atoms with Gasteiger partial charge in [0.25, 0.3) is 0 Å². The molecule has 4 nitrogen and oxygen atoms in total. The van der Waals surface area contributed by atoms with E-state index in [0.29, 0.717) is 29.9 Å². The van der Waals surface area contributed by atoms with Crippen molar-refractivity contribution in [1.29, 1.82) is 0 Å². The molecule has 2 fully saturated rings. The van der Waals surface area contributed by atoms with E-state index in [4.69, 9.17) is 0 Å². The van der Waals surface area contributed by atoms with Crippen LogP contribution in [0, 0.1) is 12.8 Å². The van der Waals surface area contributed by atoms with E-state index >= 15 is 0 Å². The van der Waals surface area contributed by atoms with Crippen LogP contribution in [-0.2, 0) is 10.0 Å². The Morgan fingerprint density at radius 3 is 2.71 bits per heavy atom. The number of sulfonamides is 1. The highest BCUT2D eigenvalue weighted by molar-refractivity contribution is 7.89. The summed E-state index contributed by atoms with van der Waals surface area (Å²) >= 11 is 0. The maximum Gasteiger partial charge on any atom is 0.243 e. The van der Waals surface area contributed by atoms with Gasteiger partial charge in [-0.15, -0.1) is 0 Å². The van der Waals surface area contributed by atoms with Gasteiger partial charge in [0, 0.05) is 19.1 Å². The third-order valence-corrected chi connectivity index (χ3v) is 6.49. The summed E-state index contributed by atoms with van der Waals surface area (Å²) < 4.78 is 27.3. The van der Waals surface area contributed by atoms with Gasteiger partial charge in [-0.1, -0.05) is 18.2 Å². The first-order valence-electron chi connectivity index (χ1n) is 7.86. The summed E-state index contributed by atoms with van der Waals surface area (Å²) in [6.45, 7) is 4.11. The Bertz CT molecular complexity index is 596. The summed E-state index contributed by atoms with van der Waals surface area (Å²) in [5.41, 5.74) is 0.829. The molecule has 2 aliphatic rings. The number of rotatable bonds is 5. The monoisotopic (exact) mass is 308 g/mol. The molecule has 1 saturated heterocycles. The molecule has 1 aromatic rings. The van der Waals surface area contributed by atoms with Crippen molar-refractivity contribution in [3.63, 3.8) is 0 Å². The van der Waals surface area contributed by atoms with Gasteiger partial charge in [0.1, 0.15) is 0 Å². The summed E-state index contributed by atoms with van der Waals surface area (Å²) in [5, 5.41) is 3.53. The van der Waals surface area contributed by atoms with Crippen molar-refractivity contribution in [2.45, 2.75) is 43.5 Å². The Labute approximate surface area is 127 Å². The highest BCUT2D eigenvalue weighted by Gasteiger charge is 2.31. The summed E-state index contributed by atoms with van der Waals surface area (Å²) in [6.07, 6.45) is 4.64. The number of hydrogen-bond acceptors (Lipinski definition) is 3. The zero-order valence-corrected chi connectivity index (χ0v) is 13.4. The Morgan fingerprint density at radius 1 is 1.24 bits per heavy atom. The molecule has 1 aliphatic carbocycles. The van der Waals surface area contributed by atoms with Crippen molar-refractivity contribution in [3.05, 3.63) is 29.8 Å². The second-order valence-electron chi connectivity index (χ2n) is 6.32. The zero-order valence-electron chi connectivity index (χ0n) is 12.6. The first kappa shape index (κ1) is 15.0. The second kappa shape index (κ2) is 6.07. The van der Waals surface area contributed by atoms with Crippen molar-refractivity contribution in [1.82, 2.24) is 9.62 Å². The van der Waals surface area contributed by atoms with Crippen LogP contribution in [0.4, 0.5) is 0 Å². The molecular weight excluding hydrogens is 284 g/mol. The molecule has 1 atom stereocenters. The van der Waals surface area contributed by atoms with E-state index in [0.717, 1.165) is 24.9 Å². The Hall–Kier alpha value is -0.910. The fourth-order valence-corrected chi connectivity index (χ4v) is 4.80. The van der Waals surface area contributed by atoms with Crippen molar-refractivity contribution < 1.29 is 8.42 Å². The quantitative estimate of drug-likeness (QED) is 0.907. The fraction of sp³-hybridized carbons (Fsp3) is 0.625. The standard InChI is InChI=1S/C16H24N2O2S/c1-13-5-2-3-7-16(13)21(19,20)18-10-4-6-14(12-18)11-17-15-8-9-15/h2-3,5,7,14-15,17H,4,6,8-12H2,1H3. The van der Waals surface area contributed by atoms with E-state index in [2.05, 4.69) is 5.32 Å². The molecule has 1 aliphatic heterocycles. The Balaban J connectivity index is 1.70. The Kier molecular flexibility index (Phi) is 4.33. The minimum absolute atomic E-state index is 0.443. The predicted molar refractivity (Wildman–Crippen MR) is 83.7 cm³/mol. The fourth-order valence-electron chi connectivity index (χ4n) is 3.02. The molecule has 5 heteroatoms. The van der Waals surface area contributed by atoms with Gasteiger partial charge in [0.05, 0.1) is 4.90 Å². The number of benzene rings is 1. The van der Waals surface area contributed by atoms with Gasteiger partial charge < -0.3 is 5.32 Å². The molecule has 21 heavy (non-hydrogen) atoms. The van der Waals surface area contributed by atoms with Crippen molar-refractivity contribution in [2.24, 2.45) is 5.92 Å². The molecule has 3 rings (SSSR count). The lowest BCUT2D eigenvalue weighted by Gasteiger charge is -2.32. The number of nitrogens with one attached hydrogen (secondary N) is 1.